The second-order valence-corrected chi connectivity index (χ2v) is 30.2. The zero-order chi connectivity index (χ0) is 76.3. The highest BCUT2D eigenvalue weighted by Gasteiger charge is 2.22. The summed E-state index contributed by atoms with van der Waals surface area (Å²) in [7, 11) is 0. The molecule has 0 amide bonds. The van der Waals surface area contributed by atoms with Crippen LogP contribution in [0.3, 0.4) is 0 Å². The molecule has 0 bridgehead atoms. The minimum atomic E-state index is 0.698. The van der Waals surface area contributed by atoms with Gasteiger partial charge in [-0.2, -0.15) is 0 Å². The molecule has 0 aliphatic rings. The number of benzene rings is 18. The normalized spacial score (nSPS) is 11.8. The maximum atomic E-state index is 5.09. The van der Waals surface area contributed by atoms with E-state index in [4.69, 9.17) is 15.0 Å². The third-order valence-corrected chi connectivity index (χ3v) is 23.7. The van der Waals surface area contributed by atoms with Crippen molar-refractivity contribution in [3.05, 3.63) is 419 Å². The molecule has 0 radical (unpaired) electrons. The zero-order valence-corrected chi connectivity index (χ0v) is 63.0. The van der Waals surface area contributed by atoms with Crippen LogP contribution >= 0.6 is 0 Å². The summed E-state index contributed by atoms with van der Waals surface area (Å²) in [5.74, 6) is 0.698. The van der Waals surface area contributed by atoms with Gasteiger partial charge in [0.15, 0.2) is 5.82 Å². The van der Waals surface area contributed by atoms with Crippen molar-refractivity contribution in [2.45, 2.75) is 0 Å². The van der Waals surface area contributed by atoms with Crippen molar-refractivity contribution in [3.8, 4) is 90.2 Å². The monoisotopic (exact) mass is 1480 g/mol. The van der Waals surface area contributed by atoms with Crippen LogP contribution in [0.5, 0.6) is 0 Å². The van der Waals surface area contributed by atoms with Gasteiger partial charge in [-0.3, -0.25) is 4.98 Å². The van der Waals surface area contributed by atoms with Gasteiger partial charge in [0.1, 0.15) is 0 Å². The smallest absolute Gasteiger partial charge is 0.160 e. The molecular formula is C109H69N7. The molecule has 24 rings (SSSR count). The van der Waals surface area contributed by atoms with Crippen LogP contribution in [0.2, 0.25) is 0 Å². The van der Waals surface area contributed by atoms with E-state index in [9.17, 15) is 0 Å². The summed E-state index contributed by atoms with van der Waals surface area (Å²) in [5, 5.41) is 19.9. The molecule has 0 N–H and O–H groups in total. The molecule has 6 heterocycles. The maximum Gasteiger partial charge on any atom is 0.160 e. The third kappa shape index (κ3) is 10.9. The first-order valence-corrected chi connectivity index (χ1v) is 39.6. The number of para-hydroxylation sites is 5. The van der Waals surface area contributed by atoms with Gasteiger partial charge in [-0.1, -0.05) is 267 Å². The lowest BCUT2D eigenvalue weighted by Gasteiger charge is -2.14. The van der Waals surface area contributed by atoms with E-state index in [-0.39, 0.29) is 0 Å². The fourth-order valence-corrected chi connectivity index (χ4v) is 18.3. The summed E-state index contributed by atoms with van der Waals surface area (Å²) in [6, 6.07) is 149. The highest BCUT2D eigenvalue weighted by Crippen LogP contribution is 2.44. The van der Waals surface area contributed by atoms with Gasteiger partial charge in [0.2, 0.25) is 0 Å². The number of nitrogens with zero attached hydrogens (tertiary/aromatic N) is 7. The molecule has 0 fully saturated rings. The molecule has 24 aromatic rings. The van der Waals surface area contributed by atoms with Crippen molar-refractivity contribution in [2.75, 3.05) is 0 Å². The lowest BCUT2D eigenvalue weighted by atomic mass is 9.94. The zero-order valence-electron chi connectivity index (χ0n) is 63.0. The molecule has 0 aliphatic heterocycles. The molecule has 0 unspecified atom stereocenters. The van der Waals surface area contributed by atoms with E-state index in [0.29, 0.717) is 5.82 Å². The standard InChI is InChI=1S/C64H40N4.C45H29N3/c1-3-15-41(16-4-1)58-40-59(42-17-5-2-6-18-42)66-64(65-58)43-27-31-46(32-28-43)67-60-25-13-11-23-53(60)56-37-44(29-35-62(56)67)45-30-36-63-57(38-45)54-24-12-14-26-61(54)68(63)47-33-34-52-50-21-8-7-19-48(50)49-20-9-10-22-51(49)55(52)39-47;1-2-13-34(14-3-1)47-41-19-8-6-17-37(41)39-28-31(21-23-43(39)47)32-22-24-44-40(29-32)38-18-7-9-20-42(38)48(44)35-15-10-12-33(27-35)45-36-16-5-4-11-30(36)25-26-46-45/h1-40H;1-29H. The van der Waals surface area contributed by atoms with Crippen molar-refractivity contribution >= 4 is 130 Å². The minimum Gasteiger partial charge on any atom is -0.309 e. The first kappa shape index (κ1) is 66.2. The van der Waals surface area contributed by atoms with Gasteiger partial charge in [-0.25, -0.2) is 9.97 Å². The first-order valence-electron chi connectivity index (χ1n) is 39.6. The number of hydrogen-bond donors (Lipinski definition) is 0. The van der Waals surface area contributed by atoms with Gasteiger partial charge >= 0.3 is 0 Å². The lowest BCUT2D eigenvalue weighted by molar-refractivity contribution is 1.16. The lowest BCUT2D eigenvalue weighted by Crippen LogP contribution is -1.97. The van der Waals surface area contributed by atoms with Crippen LogP contribution < -0.4 is 0 Å². The summed E-state index contributed by atoms with van der Waals surface area (Å²) in [6.45, 7) is 0. The summed E-state index contributed by atoms with van der Waals surface area (Å²) < 4.78 is 9.57. The predicted molar refractivity (Wildman–Crippen MR) is 486 cm³/mol. The Morgan fingerprint density at radius 2 is 0.483 bits per heavy atom. The van der Waals surface area contributed by atoms with Crippen molar-refractivity contribution in [1.82, 2.24) is 33.2 Å². The Morgan fingerprint density at radius 3 is 0.940 bits per heavy atom. The van der Waals surface area contributed by atoms with Crippen LogP contribution in [0.4, 0.5) is 0 Å². The number of rotatable bonds is 10. The summed E-state index contributed by atoms with van der Waals surface area (Å²) in [6.07, 6.45) is 1.91. The molecule has 6 aromatic heterocycles. The molecule has 0 saturated carbocycles. The molecule has 0 aliphatic carbocycles. The Labute approximate surface area is 668 Å². The number of aromatic nitrogens is 7. The maximum absolute atomic E-state index is 5.09. The Bertz CT molecular complexity index is 7970. The van der Waals surface area contributed by atoms with Gasteiger partial charge in [0.25, 0.3) is 0 Å². The average molecular weight is 1480 g/mol. The van der Waals surface area contributed by atoms with E-state index in [2.05, 4.69) is 419 Å². The molecule has 18 aromatic carbocycles. The van der Waals surface area contributed by atoms with Gasteiger partial charge in [0.05, 0.1) is 61.2 Å². The summed E-state index contributed by atoms with van der Waals surface area (Å²) in [4.78, 5) is 15.0. The van der Waals surface area contributed by atoms with Gasteiger partial charge in [-0.05, 0) is 206 Å². The fraction of sp³-hybridized carbons (Fsp3) is 0. The van der Waals surface area contributed by atoms with Crippen LogP contribution in [0, 0.1) is 0 Å². The fourth-order valence-electron chi connectivity index (χ4n) is 18.3. The van der Waals surface area contributed by atoms with Gasteiger partial charge in [-0.15, -0.1) is 0 Å². The van der Waals surface area contributed by atoms with Crippen LogP contribution in [0.25, 0.3) is 220 Å². The van der Waals surface area contributed by atoms with E-state index in [1.807, 2.05) is 18.3 Å². The second kappa shape index (κ2) is 27.1. The highest BCUT2D eigenvalue weighted by atomic mass is 15.0. The number of pyridine rings is 1. The highest BCUT2D eigenvalue weighted by molar-refractivity contribution is 6.26. The van der Waals surface area contributed by atoms with E-state index in [1.165, 1.54) is 142 Å². The van der Waals surface area contributed by atoms with Gasteiger partial charge < -0.3 is 18.3 Å². The molecule has 0 atom stereocenters. The van der Waals surface area contributed by atoms with Crippen molar-refractivity contribution < 1.29 is 0 Å². The SMILES string of the molecule is c1ccc(-c2cc(-c3ccccc3)nc(-c3ccc(-n4c5ccccc5c5cc(-c6ccc7c(c6)c6ccccc6n7-c6ccc7c8ccccc8c8ccccc8c7c6)ccc54)cc3)n2)cc1.c1ccc(-n2c3ccccc3c3cc(-c4ccc5c(c4)c4ccccc4n5-c4cccc(-c5nccc6ccccc56)c4)ccc32)cc1. The van der Waals surface area contributed by atoms with E-state index in [1.54, 1.807) is 0 Å². The van der Waals surface area contributed by atoms with Crippen LogP contribution in [0.15, 0.2) is 419 Å². The quantitative estimate of drug-likeness (QED) is 0.128. The minimum absolute atomic E-state index is 0.698. The molecule has 116 heavy (non-hydrogen) atoms. The average Bonchev–Trinajstić information content (AvgIpc) is 1.11. The topological polar surface area (TPSA) is 58.4 Å². The predicted octanol–water partition coefficient (Wildman–Crippen LogP) is 28.6. The van der Waals surface area contributed by atoms with Crippen molar-refractivity contribution in [2.24, 2.45) is 0 Å². The van der Waals surface area contributed by atoms with E-state index in [0.717, 1.165) is 72.8 Å². The van der Waals surface area contributed by atoms with Gasteiger partial charge in [0, 0.05) is 99.7 Å². The summed E-state index contributed by atoms with van der Waals surface area (Å²) in [5.41, 5.74) is 25.8. The van der Waals surface area contributed by atoms with Crippen LogP contribution in [-0.4, -0.2) is 33.2 Å². The largest absolute Gasteiger partial charge is 0.309 e. The Kier molecular flexibility index (Phi) is 15.5. The van der Waals surface area contributed by atoms with Crippen LogP contribution in [-0.2, 0) is 0 Å². The molecule has 7 heteroatoms. The molecule has 0 saturated heterocycles. The first-order chi connectivity index (χ1) is 57.5. The molecule has 0 spiro atoms. The Hall–Kier alpha value is -15.6. The number of fused-ring (bicyclic) bond motifs is 19. The Morgan fingerprint density at radius 1 is 0.164 bits per heavy atom. The van der Waals surface area contributed by atoms with E-state index < -0.39 is 0 Å². The van der Waals surface area contributed by atoms with Crippen molar-refractivity contribution in [3.63, 3.8) is 0 Å². The molecule has 540 valence electrons. The second-order valence-electron chi connectivity index (χ2n) is 30.2. The van der Waals surface area contributed by atoms with E-state index >= 15 is 0 Å². The van der Waals surface area contributed by atoms with Crippen LogP contribution in [0.1, 0.15) is 0 Å². The third-order valence-electron chi connectivity index (χ3n) is 23.7. The summed E-state index contributed by atoms with van der Waals surface area (Å²) >= 11 is 0. The number of hydrogen-bond acceptors (Lipinski definition) is 3. The Balaban J connectivity index is 0.000000145. The van der Waals surface area contributed by atoms with Crippen molar-refractivity contribution in [1.29, 1.82) is 0 Å². The molecular weight excluding hydrogens is 1410 g/mol. The molecule has 7 nitrogen and oxygen atoms in total.